The summed E-state index contributed by atoms with van der Waals surface area (Å²) in [6.07, 6.45) is -0.803. The van der Waals surface area contributed by atoms with Crippen LogP contribution in [0.3, 0.4) is 0 Å². The molecule has 4 N–H and O–H groups in total. The van der Waals surface area contributed by atoms with Crippen LogP contribution in [0.5, 0.6) is 0 Å². The second-order valence-corrected chi connectivity index (χ2v) is 2.05. The molecule has 0 aromatic carbocycles. The van der Waals surface area contributed by atoms with E-state index in [0.717, 1.165) is 6.54 Å². The van der Waals surface area contributed by atoms with E-state index in [1.54, 1.807) is 0 Å². The molecule has 0 aliphatic carbocycles. The van der Waals surface area contributed by atoms with Crippen LogP contribution in [-0.2, 0) is 4.74 Å². The minimum Gasteiger partial charge on any atom is -0.388 e. The van der Waals surface area contributed by atoms with Crippen LogP contribution in [0.1, 0.15) is 0 Å². The zero-order valence-corrected chi connectivity index (χ0v) is 5.21. The SMILES string of the molecule is NC[C@@H](O)C1NCCO1. The van der Waals surface area contributed by atoms with E-state index in [9.17, 15) is 0 Å². The van der Waals surface area contributed by atoms with Crippen molar-refractivity contribution in [3.05, 3.63) is 0 Å². The number of nitrogens with one attached hydrogen (secondary N) is 1. The van der Waals surface area contributed by atoms with Gasteiger partial charge in [-0.05, 0) is 0 Å². The molecule has 1 saturated heterocycles. The van der Waals surface area contributed by atoms with Crippen molar-refractivity contribution < 1.29 is 9.84 Å². The van der Waals surface area contributed by atoms with Crippen molar-refractivity contribution in [2.45, 2.75) is 12.3 Å². The van der Waals surface area contributed by atoms with Gasteiger partial charge in [0.05, 0.1) is 6.61 Å². The third-order valence-corrected chi connectivity index (χ3v) is 1.34. The predicted molar refractivity (Wildman–Crippen MR) is 32.8 cm³/mol. The number of rotatable bonds is 2. The second kappa shape index (κ2) is 3.12. The molecule has 1 rings (SSSR count). The van der Waals surface area contributed by atoms with Gasteiger partial charge < -0.3 is 15.6 Å². The van der Waals surface area contributed by atoms with Gasteiger partial charge in [-0.1, -0.05) is 0 Å². The summed E-state index contributed by atoms with van der Waals surface area (Å²) in [4.78, 5) is 0. The normalized spacial score (nSPS) is 30.7. The van der Waals surface area contributed by atoms with Gasteiger partial charge in [0, 0.05) is 13.1 Å². The maximum absolute atomic E-state index is 9.05. The lowest BCUT2D eigenvalue weighted by Crippen LogP contribution is -2.40. The summed E-state index contributed by atoms with van der Waals surface area (Å²) >= 11 is 0. The van der Waals surface area contributed by atoms with E-state index in [4.69, 9.17) is 15.6 Å². The molecule has 0 saturated carbocycles. The summed E-state index contributed by atoms with van der Waals surface area (Å²) < 4.78 is 5.06. The molecule has 0 spiro atoms. The van der Waals surface area contributed by atoms with Crippen LogP contribution in [0, 0.1) is 0 Å². The van der Waals surface area contributed by atoms with Gasteiger partial charge in [0.2, 0.25) is 0 Å². The molecule has 1 heterocycles. The van der Waals surface area contributed by atoms with E-state index >= 15 is 0 Å². The Bertz CT molecular complexity index is 83.0. The lowest BCUT2D eigenvalue weighted by atomic mass is 10.3. The van der Waals surface area contributed by atoms with Gasteiger partial charge in [0.25, 0.3) is 0 Å². The summed E-state index contributed by atoms with van der Waals surface area (Å²) in [5, 5.41) is 12.0. The fraction of sp³-hybridized carbons (Fsp3) is 1.00. The Balaban J connectivity index is 2.24. The third kappa shape index (κ3) is 1.62. The number of aliphatic hydroxyl groups is 1. The van der Waals surface area contributed by atoms with E-state index in [2.05, 4.69) is 5.32 Å². The van der Waals surface area contributed by atoms with Crippen molar-refractivity contribution in [1.82, 2.24) is 5.32 Å². The van der Waals surface area contributed by atoms with E-state index in [-0.39, 0.29) is 12.8 Å². The highest BCUT2D eigenvalue weighted by Gasteiger charge is 2.21. The van der Waals surface area contributed by atoms with Crippen LogP contribution in [0.25, 0.3) is 0 Å². The zero-order valence-electron chi connectivity index (χ0n) is 5.21. The average Bonchev–Trinajstić information content (AvgIpc) is 2.37. The summed E-state index contributed by atoms with van der Waals surface area (Å²) in [5.41, 5.74) is 5.18. The number of hydrogen-bond acceptors (Lipinski definition) is 4. The molecule has 1 unspecified atom stereocenters. The van der Waals surface area contributed by atoms with Crippen molar-refractivity contribution in [1.29, 1.82) is 0 Å². The molecule has 4 nitrogen and oxygen atoms in total. The van der Waals surface area contributed by atoms with Gasteiger partial charge >= 0.3 is 0 Å². The van der Waals surface area contributed by atoms with Crippen molar-refractivity contribution in [3.8, 4) is 0 Å². The van der Waals surface area contributed by atoms with Crippen molar-refractivity contribution in [2.24, 2.45) is 5.73 Å². The third-order valence-electron chi connectivity index (χ3n) is 1.34. The van der Waals surface area contributed by atoms with Crippen LogP contribution < -0.4 is 11.1 Å². The van der Waals surface area contributed by atoms with Crippen molar-refractivity contribution in [3.63, 3.8) is 0 Å². The molecule has 1 aliphatic rings. The topological polar surface area (TPSA) is 67.5 Å². The highest BCUT2D eigenvalue weighted by Crippen LogP contribution is 1.99. The van der Waals surface area contributed by atoms with Gasteiger partial charge in [-0.3, -0.25) is 5.32 Å². The van der Waals surface area contributed by atoms with Crippen molar-refractivity contribution in [2.75, 3.05) is 19.7 Å². The van der Waals surface area contributed by atoms with Crippen LogP contribution in [0.4, 0.5) is 0 Å². The molecule has 0 aromatic heterocycles. The van der Waals surface area contributed by atoms with Crippen LogP contribution in [0.2, 0.25) is 0 Å². The van der Waals surface area contributed by atoms with Crippen LogP contribution >= 0.6 is 0 Å². The lowest BCUT2D eigenvalue weighted by Gasteiger charge is -2.14. The molecular weight excluding hydrogens is 120 g/mol. The minimum atomic E-state index is -0.563. The van der Waals surface area contributed by atoms with E-state index in [1.165, 1.54) is 0 Å². The summed E-state index contributed by atoms with van der Waals surface area (Å²) in [5.74, 6) is 0. The van der Waals surface area contributed by atoms with Gasteiger partial charge in [0.15, 0.2) is 0 Å². The first-order valence-electron chi connectivity index (χ1n) is 3.07. The van der Waals surface area contributed by atoms with Crippen LogP contribution in [0.15, 0.2) is 0 Å². The molecular formula is C5H12N2O2. The zero-order chi connectivity index (χ0) is 6.69. The molecule has 0 aromatic rings. The first-order valence-corrected chi connectivity index (χ1v) is 3.07. The Morgan fingerprint density at radius 2 is 2.67 bits per heavy atom. The highest BCUT2D eigenvalue weighted by atomic mass is 16.5. The Hall–Kier alpha value is -0.160. The molecule has 2 atom stereocenters. The average molecular weight is 132 g/mol. The molecule has 1 fully saturated rings. The molecule has 1 aliphatic heterocycles. The van der Waals surface area contributed by atoms with Crippen LogP contribution in [-0.4, -0.2) is 37.1 Å². The lowest BCUT2D eigenvalue weighted by molar-refractivity contribution is -0.00598. The molecule has 54 valence electrons. The Kier molecular flexibility index (Phi) is 2.41. The number of nitrogens with two attached hydrogens (primary N) is 1. The number of ether oxygens (including phenoxy) is 1. The Morgan fingerprint density at radius 3 is 3.11 bits per heavy atom. The Morgan fingerprint density at radius 1 is 1.89 bits per heavy atom. The summed E-state index contributed by atoms with van der Waals surface area (Å²) in [7, 11) is 0. The molecule has 0 amide bonds. The molecule has 4 heteroatoms. The van der Waals surface area contributed by atoms with Gasteiger partial charge in [-0.15, -0.1) is 0 Å². The fourth-order valence-electron chi connectivity index (χ4n) is 0.817. The standard InChI is InChI=1S/C5H12N2O2/c6-3-4(8)5-7-1-2-9-5/h4-5,7-8H,1-3,6H2/t4-,5?/m1/s1. The smallest absolute Gasteiger partial charge is 0.135 e. The van der Waals surface area contributed by atoms with E-state index in [0.29, 0.717) is 6.61 Å². The molecule has 9 heavy (non-hydrogen) atoms. The van der Waals surface area contributed by atoms with E-state index < -0.39 is 6.10 Å². The number of hydrogen-bond donors (Lipinski definition) is 3. The summed E-state index contributed by atoms with van der Waals surface area (Å²) in [6.45, 7) is 1.72. The summed E-state index contributed by atoms with van der Waals surface area (Å²) in [6, 6.07) is 0. The number of aliphatic hydroxyl groups excluding tert-OH is 1. The fourth-order valence-corrected chi connectivity index (χ4v) is 0.817. The largest absolute Gasteiger partial charge is 0.388 e. The van der Waals surface area contributed by atoms with Crippen molar-refractivity contribution >= 4 is 0 Å². The quantitative estimate of drug-likeness (QED) is 0.417. The van der Waals surface area contributed by atoms with Gasteiger partial charge in [0.1, 0.15) is 12.3 Å². The highest BCUT2D eigenvalue weighted by molar-refractivity contribution is 4.71. The first kappa shape index (κ1) is 6.95. The predicted octanol–water partition coefficient (Wildman–Crippen LogP) is -1.75. The Labute approximate surface area is 54.0 Å². The minimum absolute atomic E-state index is 0.241. The van der Waals surface area contributed by atoms with Gasteiger partial charge in [-0.25, -0.2) is 0 Å². The maximum Gasteiger partial charge on any atom is 0.135 e. The van der Waals surface area contributed by atoms with Gasteiger partial charge in [-0.2, -0.15) is 0 Å². The second-order valence-electron chi connectivity index (χ2n) is 2.05. The first-order chi connectivity index (χ1) is 4.34. The molecule has 0 radical (unpaired) electrons. The monoisotopic (exact) mass is 132 g/mol. The maximum atomic E-state index is 9.05. The van der Waals surface area contributed by atoms with E-state index in [1.807, 2.05) is 0 Å². The molecule has 0 bridgehead atoms.